The van der Waals surface area contributed by atoms with Gasteiger partial charge in [0.05, 0.1) is 0 Å². The number of hydrogen-bond donors (Lipinski definition) is 4. The van der Waals surface area contributed by atoms with Crippen LogP contribution < -0.4 is 10.6 Å². The van der Waals surface area contributed by atoms with Gasteiger partial charge in [-0.3, -0.25) is 4.79 Å². The van der Waals surface area contributed by atoms with Gasteiger partial charge in [0, 0.05) is 18.7 Å². The quantitative estimate of drug-likeness (QED) is 0.359. The maximum atomic E-state index is 11.4. The largest absolute Gasteiger partial charge is 0.480 e. The van der Waals surface area contributed by atoms with Gasteiger partial charge in [-0.2, -0.15) is 0 Å². The summed E-state index contributed by atoms with van der Waals surface area (Å²) in [6.45, 7) is 5.54. The van der Waals surface area contributed by atoms with E-state index in [0.717, 1.165) is 6.08 Å². The highest BCUT2D eigenvalue weighted by atomic mass is 16.6. The van der Waals surface area contributed by atoms with Gasteiger partial charge in [0.25, 0.3) is 0 Å². The summed E-state index contributed by atoms with van der Waals surface area (Å²) in [4.78, 5) is 44.1. The van der Waals surface area contributed by atoms with E-state index in [1.807, 2.05) is 0 Å². The van der Waals surface area contributed by atoms with E-state index in [1.165, 1.54) is 0 Å². The lowest BCUT2D eigenvalue weighted by Gasteiger charge is -2.19. The van der Waals surface area contributed by atoms with Crippen molar-refractivity contribution in [3.63, 3.8) is 0 Å². The molecule has 0 heterocycles. The van der Waals surface area contributed by atoms with Crippen molar-refractivity contribution in [2.24, 2.45) is 0 Å². The molecule has 0 aromatic rings. The summed E-state index contributed by atoms with van der Waals surface area (Å²) in [5.74, 6) is -3.31. The molecule has 0 aromatic carbocycles. The number of hydrogen-bond acceptors (Lipinski definition) is 5. The molecule has 0 fully saturated rings. The molecule has 0 bridgehead atoms. The molecule has 0 aromatic heterocycles. The van der Waals surface area contributed by atoms with Crippen molar-refractivity contribution in [3.05, 3.63) is 12.2 Å². The number of unbranched alkanes of at least 4 members (excludes halogenated alkanes) is 1. The molecular weight excluding hydrogens is 320 g/mol. The van der Waals surface area contributed by atoms with Gasteiger partial charge in [-0.25, -0.2) is 14.4 Å². The third kappa shape index (κ3) is 12.0. The molecule has 0 aliphatic heterocycles. The van der Waals surface area contributed by atoms with Crippen LogP contribution in [0, 0.1) is 0 Å². The molecule has 1 atom stereocenters. The van der Waals surface area contributed by atoms with Crippen molar-refractivity contribution in [3.8, 4) is 0 Å². The molecule has 0 rings (SSSR count). The molecule has 0 aliphatic carbocycles. The number of alkyl carbamates (subject to hydrolysis) is 1. The molecule has 4 N–H and O–H groups in total. The molecule has 136 valence electrons. The minimum absolute atomic E-state index is 0.151. The Morgan fingerprint density at radius 2 is 1.71 bits per heavy atom. The van der Waals surface area contributed by atoms with Crippen molar-refractivity contribution in [2.75, 3.05) is 6.54 Å². The topological polar surface area (TPSA) is 142 Å². The van der Waals surface area contributed by atoms with Crippen LogP contribution in [0.3, 0.4) is 0 Å². The molecule has 9 heteroatoms. The Hall–Kier alpha value is -2.58. The fourth-order valence-electron chi connectivity index (χ4n) is 1.60. The molecule has 0 spiro atoms. The molecule has 0 saturated carbocycles. The monoisotopic (exact) mass is 344 g/mol. The van der Waals surface area contributed by atoms with Crippen LogP contribution in [0.25, 0.3) is 0 Å². The van der Waals surface area contributed by atoms with Crippen molar-refractivity contribution in [1.82, 2.24) is 10.6 Å². The number of ether oxygens (including phenoxy) is 1. The highest BCUT2D eigenvalue weighted by Gasteiger charge is 2.19. The van der Waals surface area contributed by atoms with E-state index in [-0.39, 0.29) is 6.42 Å². The van der Waals surface area contributed by atoms with E-state index in [0.29, 0.717) is 25.5 Å². The summed E-state index contributed by atoms with van der Waals surface area (Å²) in [7, 11) is 0. The third-order valence-electron chi connectivity index (χ3n) is 2.58. The highest BCUT2D eigenvalue weighted by Crippen LogP contribution is 2.06. The number of aliphatic carboxylic acids is 2. The Morgan fingerprint density at radius 1 is 1.08 bits per heavy atom. The molecule has 9 nitrogen and oxygen atoms in total. The standard InChI is InChI=1S/C15H24N2O7/c1-15(2,3)24-14(23)16-9-5-4-6-10(13(21)22)17-11(18)7-8-12(19)20/h7-8,10H,4-6,9H2,1-3H3,(H,16,23)(H,17,18)(H,19,20)(H,21,22)/b8-7-/t10-/m0/s1. The van der Waals surface area contributed by atoms with Gasteiger partial charge in [0.1, 0.15) is 11.6 Å². The minimum Gasteiger partial charge on any atom is -0.480 e. The lowest BCUT2D eigenvalue weighted by Crippen LogP contribution is -2.40. The molecule has 0 radical (unpaired) electrons. The van der Waals surface area contributed by atoms with Crippen LogP contribution in [0.4, 0.5) is 4.79 Å². The van der Waals surface area contributed by atoms with Crippen LogP contribution in [0.1, 0.15) is 40.0 Å². The molecule has 24 heavy (non-hydrogen) atoms. The van der Waals surface area contributed by atoms with Crippen molar-refractivity contribution >= 4 is 23.9 Å². The molecule has 0 aliphatic rings. The van der Waals surface area contributed by atoms with Gasteiger partial charge in [-0.15, -0.1) is 0 Å². The first-order valence-electron chi connectivity index (χ1n) is 7.42. The second kappa shape index (κ2) is 10.2. The number of amides is 2. The summed E-state index contributed by atoms with van der Waals surface area (Å²) >= 11 is 0. The van der Waals surface area contributed by atoms with Crippen LogP contribution in [0.15, 0.2) is 12.2 Å². The molecular formula is C15H24N2O7. The van der Waals surface area contributed by atoms with Crippen LogP contribution in [0.2, 0.25) is 0 Å². The number of carboxylic acids is 2. The van der Waals surface area contributed by atoms with Gasteiger partial charge < -0.3 is 25.6 Å². The highest BCUT2D eigenvalue weighted by molar-refractivity contribution is 5.95. The van der Waals surface area contributed by atoms with Gasteiger partial charge in [0.15, 0.2) is 0 Å². The van der Waals surface area contributed by atoms with Crippen LogP contribution in [-0.4, -0.2) is 52.3 Å². The number of carboxylic acid groups (broad SMARTS) is 2. The predicted octanol–water partition coefficient (Wildman–Crippen LogP) is 0.892. The van der Waals surface area contributed by atoms with Crippen LogP contribution in [0.5, 0.6) is 0 Å². The summed E-state index contributed by atoms with van der Waals surface area (Å²) in [6, 6.07) is -1.13. The van der Waals surface area contributed by atoms with Gasteiger partial charge in [-0.05, 0) is 40.0 Å². The Morgan fingerprint density at radius 3 is 2.21 bits per heavy atom. The first kappa shape index (κ1) is 21.4. The van der Waals surface area contributed by atoms with E-state index in [1.54, 1.807) is 20.8 Å². The zero-order valence-electron chi connectivity index (χ0n) is 14.0. The maximum absolute atomic E-state index is 11.4. The Bertz CT molecular complexity index is 495. The average Bonchev–Trinajstić information content (AvgIpc) is 2.41. The Kier molecular flexibility index (Phi) is 9.14. The Labute approximate surface area is 140 Å². The van der Waals surface area contributed by atoms with Crippen LogP contribution in [-0.2, 0) is 19.1 Å². The molecule has 0 unspecified atom stereocenters. The fourth-order valence-corrected chi connectivity index (χ4v) is 1.60. The number of carbonyl (C=O) groups excluding carboxylic acids is 2. The minimum atomic E-state index is -1.30. The molecule has 0 saturated heterocycles. The summed E-state index contributed by atoms with van der Waals surface area (Å²) < 4.78 is 5.05. The zero-order chi connectivity index (χ0) is 18.8. The number of nitrogens with one attached hydrogen (secondary N) is 2. The van der Waals surface area contributed by atoms with Gasteiger partial charge >= 0.3 is 18.0 Å². The van der Waals surface area contributed by atoms with E-state index in [2.05, 4.69) is 10.6 Å². The maximum Gasteiger partial charge on any atom is 0.407 e. The van der Waals surface area contributed by atoms with Crippen LogP contribution >= 0.6 is 0 Å². The lowest BCUT2D eigenvalue weighted by molar-refractivity contribution is -0.141. The third-order valence-corrected chi connectivity index (χ3v) is 2.58. The zero-order valence-corrected chi connectivity index (χ0v) is 14.0. The summed E-state index contributed by atoms with van der Waals surface area (Å²) in [5, 5.41) is 22.2. The van der Waals surface area contributed by atoms with Crippen molar-refractivity contribution in [2.45, 2.75) is 51.7 Å². The fraction of sp³-hybridized carbons (Fsp3) is 0.600. The van der Waals surface area contributed by atoms with E-state index in [4.69, 9.17) is 14.9 Å². The predicted molar refractivity (Wildman–Crippen MR) is 84.4 cm³/mol. The Balaban J connectivity index is 4.11. The average molecular weight is 344 g/mol. The molecule has 2 amide bonds. The normalized spacial score (nSPS) is 12.5. The second-order valence-electron chi connectivity index (χ2n) is 6.00. The van der Waals surface area contributed by atoms with E-state index >= 15 is 0 Å². The van der Waals surface area contributed by atoms with Gasteiger partial charge in [-0.1, -0.05) is 0 Å². The summed E-state index contributed by atoms with van der Waals surface area (Å²) in [6.07, 6.45) is 1.92. The number of carbonyl (C=O) groups is 4. The van der Waals surface area contributed by atoms with E-state index in [9.17, 15) is 19.2 Å². The van der Waals surface area contributed by atoms with Gasteiger partial charge in [0.2, 0.25) is 5.91 Å². The lowest BCUT2D eigenvalue weighted by atomic mass is 10.1. The number of rotatable bonds is 9. The summed E-state index contributed by atoms with van der Waals surface area (Å²) in [5.41, 5.74) is -0.591. The second-order valence-corrected chi connectivity index (χ2v) is 6.00. The van der Waals surface area contributed by atoms with Crippen molar-refractivity contribution < 1.29 is 34.1 Å². The SMILES string of the molecule is CC(C)(C)OC(=O)NCCCC[C@H](NC(=O)/C=C\C(=O)O)C(=O)O. The first-order chi connectivity index (χ1) is 11.0. The smallest absolute Gasteiger partial charge is 0.407 e. The van der Waals surface area contributed by atoms with E-state index < -0.39 is 35.6 Å². The first-order valence-corrected chi connectivity index (χ1v) is 7.42. The van der Waals surface area contributed by atoms with Crippen molar-refractivity contribution in [1.29, 1.82) is 0 Å².